The standard InChI is InChI=1S/C16H21N3O2/c20-16-9-15-14(3-7-18(15)13-4-8-21-11-13)19(16)10-12-1-5-17-6-2-12/h1-2,5-6,13-15H,3-4,7-11H2/t13?,14-,15+/m0/s1. The molecule has 3 fully saturated rings. The number of hydrogen-bond acceptors (Lipinski definition) is 4. The average Bonchev–Trinajstić information content (AvgIpc) is 3.19. The number of aromatic nitrogens is 1. The third-order valence-electron chi connectivity index (χ3n) is 5.13. The Morgan fingerprint density at radius 3 is 2.86 bits per heavy atom. The molecule has 3 aliphatic rings. The molecule has 21 heavy (non-hydrogen) atoms. The maximum absolute atomic E-state index is 12.4. The van der Waals surface area contributed by atoms with E-state index in [9.17, 15) is 4.79 Å². The summed E-state index contributed by atoms with van der Waals surface area (Å²) < 4.78 is 5.52. The summed E-state index contributed by atoms with van der Waals surface area (Å²) in [6, 6.07) is 5.29. The van der Waals surface area contributed by atoms with Gasteiger partial charge < -0.3 is 9.64 Å². The maximum Gasteiger partial charge on any atom is 0.224 e. The van der Waals surface area contributed by atoms with Crippen molar-refractivity contribution in [2.75, 3.05) is 19.8 Å². The molecule has 0 radical (unpaired) electrons. The summed E-state index contributed by atoms with van der Waals surface area (Å²) in [5.41, 5.74) is 1.17. The van der Waals surface area contributed by atoms with E-state index in [-0.39, 0.29) is 0 Å². The Hall–Kier alpha value is -1.46. The van der Waals surface area contributed by atoms with Gasteiger partial charge in [-0.3, -0.25) is 14.7 Å². The van der Waals surface area contributed by atoms with Gasteiger partial charge in [0, 0.05) is 56.6 Å². The van der Waals surface area contributed by atoms with Crippen LogP contribution in [0.3, 0.4) is 0 Å². The molecule has 0 spiro atoms. The van der Waals surface area contributed by atoms with Crippen LogP contribution >= 0.6 is 0 Å². The minimum Gasteiger partial charge on any atom is -0.380 e. The highest BCUT2D eigenvalue weighted by molar-refractivity contribution is 5.80. The summed E-state index contributed by atoms with van der Waals surface area (Å²) >= 11 is 0. The van der Waals surface area contributed by atoms with Crippen molar-refractivity contribution in [3.8, 4) is 0 Å². The normalized spacial score (nSPS) is 32.9. The van der Waals surface area contributed by atoms with Gasteiger partial charge in [0.25, 0.3) is 0 Å². The van der Waals surface area contributed by atoms with Gasteiger partial charge in [0.05, 0.1) is 6.61 Å². The second kappa shape index (κ2) is 5.39. The molecular formula is C16H21N3O2. The Bertz CT molecular complexity index is 516. The summed E-state index contributed by atoms with van der Waals surface area (Å²) in [5, 5.41) is 0. The highest BCUT2D eigenvalue weighted by atomic mass is 16.5. The van der Waals surface area contributed by atoms with E-state index in [1.54, 1.807) is 12.4 Å². The van der Waals surface area contributed by atoms with Crippen molar-refractivity contribution in [1.82, 2.24) is 14.8 Å². The second-order valence-corrected chi connectivity index (χ2v) is 6.26. The summed E-state index contributed by atoms with van der Waals surface area (Å²) in [5.74, 6) is 0.297. The number of carbonyl (C=O) groups excluding carboxylic acids is 1. The van der Waals surface area contributed by atoms with E-state index in [4.69, 9.17) is 4.74 Å². The van der Waals surface area contributed by atoms with Gasteiger partial charge in [-0.1, -0.05) is 0 Å². The quantitative estimate of drug-likeness (QED) is 0.833. The van der Waals surface area contributed by atoms with Crippen molar-refractivity contribution in [3.63, 3.8) is 0 Å². The molecule has 1 unspecified atom stereocenters. The molecule has 0 aromatic carbocycles. The monoisotopic (exact) mass is 287 g/mol. The van der Waals surface area contributed by atoms with Crippen molar-refractivity contribution in [2.24, 2.45) is 0 Å². The number of carbonyl (C=O) groups is 1. The van der Waals surface area contributed by atoms with Crippen LogP contribution in [0, 0.1) is 0 Å². The van der Waals surface area contributed by atoms with Gasteiger partial charge in [-0.15, -0.1) is 0 Å². The van der Waals surface area contributed by atoms with Gasteiger partial charge in [0.2, 0.25) is 5.91 Å². The fourth-order valence-electron chi connectivity index (χ4n) is 4.09. The van der Waals surface area contributed by atoms with E-state index in [1.807, 2.05) is 12.1 Å². The molecule has 0 saturated carbocycles. The second-order valence-electron chi connectivity index (χ2n) is 6.26. The predicted molar refractivity (Wildman–Crippen MR) is 77.5 cm³/mol. The van der Waals surface area contributed by atoms with Crippen LogP contribution in [0.4, 0.5) is 0 Å². The minimum atomic E-state index is 0.297. The lowest BCUT2D eigenvalue weighted by Crippen LogP contribution is -2.42. The number of likely N-dealkylation sites (tertiary alicyclic amines) is 2. The van der Waals surface area contributed by atoms with Crippen molar-refractivity contribution in [1.29, 1.82) is 0 Å². The van der Waals surface area contributed by atoms with E-state index >= 15 is 0 Å². The zero-order valence-corrected chi connectivity index (χ0v) is 12.1. The lowest BCUT2D eigenvalue weighted by atomic mass is 10.1. The first kappa shape index (κ1) is 13.2. The first-order chi connectivity index (χ1) is 10.3. The topological polar surface area (TPSA) is 45.7 Å². The molecule has 112 valence electrons. The largest absolute Gasteiger partial charge is 0.380 e. The first-order valence-electron chi connectivity index (χ1n) is 7.85. The van der Waals surface area contributed by atoms with E-state index in [1.165, 1.54) is 5.56 Å². The zero-order chi connectivity index (χ0) is 14.2. The molecule has 0 aliphatic carbocycles. The van der Waals surface area contributed by atoms with Crippen LogP contribution in [0.25, 0.3) is 0 Å². The van der Waals surface area contributed by atoms with Crippen LogP contribution in [-0.4, -0.2) is 58.6 Å². The van der Waals surface area contributed by atoms with Gasteiger partial charge in [0.1, 0.15) is 0 Å². The predicted octanol–water partition coefficient (Wildman–Crippen LogP) is 1.05. The Morgan fingerprint density at radius 1 is 1.24 bits per heavy atom. The van der Waals surface area contributed by atoms with E-state index in [0.717, 1.165) is 39.1 Å². The highest BCUT2D eigenvalue weighted by Crippen LogP contribution is 2.36. The molecule has 4 heterocycles. The van der Waals surface area contributed by atoms with Crippen molar-refractivity contribution in [3.05, 3.63) is 30.1 Å². The lowest BCUT2D eigenvalue weighted by Gasteiger charge is -2.28. The van der Waals surface area contributed by atoms with Crippen LogP contribution in [0.15, 0.2) is 24.5 Å². The molecule has 3 atom stereocenters. The van der Waals surface area contributed by atoms with Crippen molar-refractivity contribution in [2.45, 2.75) is 43.9 Å². The SMILES string of the molecule is O=C1C[C@@H]2[C@H](CCN2C2CCOC2)N1Cc1ccncc1. The Labute approximate surface area is 124 Å². The minimum absolute atomic E-state index is 0.297. The average molecular weight is 287 g/mol. The third kappa shape index (κ3) is 2.34. The van der Waals surface area contributed by atoms with Crippen molar-refractivity contribution >= 4 is 5.91 Å². The summed E-state index contributed by atoms with van der Waals surface area (Å²) in [7, 11) is 0. The molecule has 5 nitrogen and oxygen atoms in total. The smallest absolute Gasteiger partial charge is 0.224 e. The number of rotatable bonds is 3. The Morgan fingerprint density at radius 2 is 2.10 bits per heavy atom. The highest BCUT2D eigenvalue weighted by Gasteiger charge is 2.48. The number of nitrogens with zero attached hydrogens (tertiary/aromatic N) is 3. The van der Waals surface area contributed by atoms with Gasteiger partial charge >= 0.3 is 0 Å². The van der Waals surface area contributed by atoms with Gasteiger partial charge in [-0.05, 0) is 30.5 Å². The molecule has 1 amide bonds. The fraction of sp³-hybridized carbons (Fsp3) is 0.625. The number of hydrogen-bond donors (Lipinski definition) is 0. The Balaban J connectivity index is 1.49. The molecule has 3 saturated heterocycles. The molecule has 5 heteroatoms. The van der Waals surface area contributed by atoms with Crippen molar-refractivity contribution < 1.29 is 9.53 Å². The number of amides is 1. The fourth-order valence-corrected chi connectivity index (χ4v) is 4.09. The summed E-state index contributed by atoms with van der Waals surface area (Å²) in [6.45, 7) is 3.52. The Kier molecular flexibility index (Phi) is 3.39. The van der Waals surface area contributed by atoms with E-state index < -0.39 is 0 Å². The van der Waals surface area contributed by atoms with Crippen LogP contribution in [0.2, 0.25) is 0 Å². The molecular weight excluding hydrogens is 266 g/mol. The first-order valence-corrected chi connectivity index (χ1v) is 7.85. The number of fused-ring (bicyclic) bond motifs is 1. The van der Waals surface area contributed by atoms with Gasteiger partial charge in [-0.25, -0.2) is 0 Å². The van der Waals surface area contributed by atoms with Crippen LogP contribution < -0.4 is 0 Å². The van der Waals surface area contributed by atoms with Gasteiger partial charge in [-0.2, -0.15) is 0 Å². The number of ether oxygens (including phenoxy) is 1. The zero-order valence-electron chi connectivity index (χ0n) is 12.1. The lowest BCUT2D eigenvalue weighted by molar-refractivity contribution is -0.129. The van der Waals surface area contributed by atoms with Crippen LogP contribution in [-0.2, 0) is 16.1 Å². The van der Waals surface area contributed by atoms with Gasteiger partial charge in [0.15, 0.2) is 0 Å². The molecule has 1 aromatic heterocycles. The van der Waals surface area contributed by atoms with E-state index in [0.29, 0.717) is 30.5 Å². The summed E-state index contributed by atoms with van der Waals surface area (Å²) in [6.07, 6.45) is 6.47. The number of pyridine rings is 1. The molecule has 0 N–H and O–H groups in total. The molecule has 3 aliphatic heterocycles. The molecule has 1 aromatic rings. The maximum atomic E-state index is 12.4. The van der Waals surface area contributed by atoms with Crippen LogP contribution in [0.5, 0.6) is 0 Å². The van der Waals surface area contributed by atoms with Crippen LogP contribution in [0.1, 0.15) is 24.8 Å². The molecule has 0 bridgehead atoms. The summed E-state index contributed by atoms with van der Waals surface area (Å²) in [4.78, 5) is 21.1. The van der Waals surface area contributed by atoms with E-state index in [2.05, 4.69) is 14.8 Å². The molecule has 4 rings (SSSR count). The third-order valence-corrected chi connectivity index (χ3v) is 5.13.